The Morgan fingerprint density at radius 2 is 2.00 bits per heavy atom. The quantitative estimate of drug-likeness (QED) is 0.920. The molecule has 94 valence electrons. The first-order valence-corrected chi connectivity index (χ1v) is 6.04. The van der Waals surface area contributed by atoms with E-state index in [1.165, 1.54) is 0 Å². The van der Waals surface area contributed by atoms with E-state index < -0.39 is 6.10 Å². The molecule has 18 heavy (non-hydrogen) atoms. The third kappa shape index (κ3) is 3.22. The summed E-state index contributed by atoms with van der Waals surface area (Å²) >= 11 is 6.09. The lowest BCUT2D eigenvalue weighted by atomic mass is 10.1. The SMILES string of the molecule is CC(O)c1ccc(OCc2ccncc2)c(Cl)c1. The van der Waals surface area contributed by atoms with E-state index in [9.17, 15) is 5.11 Å². The maximum absolute atomic E-state index is 9.44. The van der Waals surface area contributed by atoms with Gasteiger partial charge in [0.25, 0.3) is 0 Å². The Hall–Kier alpha value is -1.58. The highest BCUT2D eigenvalue weighted by Gasteiger charge is 2.06. The molecule has 0 aliphatic heterocycles. The van der Waals surface area contributed by atoms with Crippen LogP contribution in [0.3, 0.4) is 0 Å². The van der Waals surface area contributed by atoms with E-state index in [0.29, 0.717) is 17.4 Å². The number of hydrogen-bond acceptors (Lipinski definition) is 3. The number of pyridine rings is 1. The fourth-order valence-electron chi connectivity index (χ4n) is 1.53. The molecule has 1 aromatic heterocycles. The summed E-state index contributed by atoms with van der Waals surface area (Å²) in [5.74, 6) is 0.609. The molecule has 2 aromatic rings. The minimum Gasteiger partial charge on any atom is -0.487 e. The molecule has 0 amide bonds. The normalized spacial score (nSPS) is 12.2. The molecule has 4 heteroatoms. The summed E-state index contributed by atoms with van der Waals surface area (Å²) in [6.07, 6.45) is 2.91. The van der Waals surface area contributed by atoms with Crippen LogP contribution < -0.4 is 4.74 Å². The second-order valence-corrected chi connectivity index (χ2v) is 4.42. The predicted molar refractivity (Wildman–Crippen MR) is 70.7 cm³/mol. The Morgan fingerprint density at radius 3 is 2.61 bits per heavy atom. The summed E-state index contributed by atoms with van der Waals surface area (Å²) < 4.78 is 5.62. The van der Waals surface area contributed by atoms with Gasteiger partial charge in [-0.1, -0.05) is 17.7 Å². The lowest BCUT2D eigenvalue weighted by Crippen LogP contribution is -1.97. The number of rotatable bonds is 4. The zero-order chi connectivity index (χ0) is 13.0. The summed E-state index contributed by atoms with van der Waals surface area (Å²) in [5, 5.41) is 9.94. The zero-order valence-corrected chi connectivity index (χ0v) is 10.8. The first kappa shape index (κ1) is 12.9. The number of hydrogen-bond donors (Lipinski definition) is 1. The molecular weight excluding hydrogens is 250 g/mol. The molecule has 0 aliphatic carbocycles. The Kier molecular flexibility index (Phi) is 4.18. The fraction of sp³-hybridized carbons (Fsp3) is 0.214. The lowest BCUT2D eigenvalue weighted by Gasteiger charge is -2.10. The van der Waals surface area contributed by atoms with Gasteiger partial charge in [-0.2, -0.15) is 0 Å². The summed E-state index contributed by atoms with van der Waals surface area (Å²) in [5.41, 5.74) is 1.80. The number of halogens is 1. The molecule has 0 bridgehead atoms. The minimum absolute atomic E-state index is 0.441. The molecule has 3 nitrogen and oxygen atoms in total. The Labute approximate surface area is 111 Å². The van der Waals surface area contributed by atoms with Crippen molar-refractivity contribution in [2.24, 2.45) is 0 Å². The molecule has 1 atom stereocenters. The minimum atomic E-state index is -0.531. The van der Waals surface area contributed by atoms with Crippen LogP contribution in [0.4, 0.5) is 0 Å². The first-order chi connectivity index (χ1) is 8.66. The molecule has 2 rings (SSSR count). The highest BCUT2D eigenvalue weighted by molar-refractivity contribution is 6.32. The van der Waals surface area contributed by atoms with Gasteiger partial charge in [-0.25, -0.2) is 0 Å². The van der Waals surface area contributed by atoms with Crippen LogP contribution in [0.5, 0.6) is 5.75 Å². The number of aliphatic hydroxyl groups excluding tert-OH is 1. The van der Waals surface area contributed by atoms with Crippen molar-refractivity contribution >= 4 is 11.6 Å². The van der Waals surface area contributed by atoms with E-state index in [1.807, 2.05) is 12.1 Å². The van der Waals surface area contributed by atoms with Crippen LogP contribution in [-0.2, 0) is 6.61 Å². The predicted octanol–water partition coefficient (Wildman–Crippen LogP) is 3.37. The van der Waals surface area contributed by atoms with Gasteiger partial charge in [-0.3, -0.25) is 4.98 Å². The molecule has 1 unspecified atom stereocenters. The lowest BCUT2D eigenvalue weighted by molar-refractivity contribution is 0.199. The van der Waals surface area contributed by atoms with Crippen LogP contribution in [0.2, 0.25) is 5.02 Å². The van der Waals surface area contributed by atoms with Crippen LogP contribution >= 0.6 is 11.6 Å². The third-order valence-electron chi connectivity index (χ3n) is 2.58. The second-order valence-electron chi connectivity index (χ2n) is 4.01. The number of nitrogens with zero attached hydrogens (tertiary/aromatic N) is 1. The van der Waals surface area contributed by atoms with Crippen molar-refractivity contribution in [2.45, 2.75) is 19.6 Å². The molecule has 1 aromatic carbocycles. The number of aliphatic hydroxyl groups is 1. The van der Waals surface area contributed by atoms with Gasteiger partial charge in [-0.05, 0) is 42.3 Å². The van der Waals surface area contributed by atoms with E-state index >= 15 is 0 Å². The molecule has 0 saturated heterocycles. The molecule has 1 heterocycles. The Balaban J connectivity index is 2.06. The van der Waals surface area contributed by atoms with Crippen LogP contribution in [0.1, 0.15) is 24.2 Å². The van der Waals surface area contributed by atoms with E-state index in [2.05, 4.69) is 4.98 Å². The zero-order valence-electron chi connectivity index (χ0n) is 10.0. The van der Waals surface area contributed by atoms with Crippen molar-refractivity contribution in [3.05, 3.63) is 58.9 Å². The standard InChI is InChI=1S/C14H14ClNO2/c1-10(17)12-2-3-14(13(15)8-12)18-9-11-4-6-16-7-5-11/h2-8,10,17H,9H2,1H3. The van der Waals surface area contributed by atoms with Crippen molar-refractivity contribution in [3.8, 4) is 5.75 Å². The highest BCUT2D eigenvalue weighted by atomic mass is 35.5. The number of benzene rings is 1. The average Bonchev–Trinajstić information content (AvgIpc) is 2.38. The van der Waals surface area contributed by atoms with Crippen LogP contribution in [0.15, 0.2) is 42.7 Å². The summed E-state index contributed by atoms with van der Waals surface area (Å²) in [6.45, 7) is 2.14. The van der Waals surface area contributed by atoms with Gasteiger partial charge < -0.3 is 9.84 Å². The maximum Gasteiger partial charge on any atom is 0.138 e. The fourth-order valence-corrected chi connectivity index (χ4v) is 1.78. The third-order valence-corrected chi connectivity index (χ3v) is 2.88. The molecule has 0 radical (unpaired) electrons. The first-order valence-electron chi connectivity index (χ1n) is 5.66. The van der Waals surface area contributed by atoms with Crippen molar-refractivity contribution < 1.29 is 9.84 Å². The van der Waals surface area contributed by atoms with Crippen LogP contribution in [0.25, 0.3) is 0 Å². The largest absolute Gasteiger partial charge is 0.487 e. The topological polar surface area (TPSA) is 42.4 Å². The van der Waals surface area contributed by atoms with Gasteiger partial charge in [0.05, 0.1) is 11.1 Å². The highest BCUT2D eigenvalue weighted by Crippen LogP contribution is 2.28. The van der Waals surface area contributed by atoms with Crippen LogP contribution in [0, 0.1) is 0 Å². The van der Waals surface area contributed by atoms with Gasteiger partial charge >= 0.3 is 0 Å². The van der Waals surface area contributed by atoms with Crippen molar-refractivity contribution in [1.82, 2.24) is 4.98 Å². The molecule has 0 spiro atoms. The van der Waals surface area contributed by atoms with E-state index in [0.717, 1.165) is 11.1 Å². The second kappa shape index (κ2) is 5.85. The molecule has 0 fully saturated rings. The molecular formula is C14H14ClNO2. The van der Waals surface area contributed by atoms with Gasteiger partial charge in [0.15, 0.2) is 0 Å². The van der Waals surface area contributed by atoms with Gasteiger partial charge in [0.2, 0.25) is 0 Å². The van der Waals surface area contributed by atoms with E-state index in [1.54, 1.807) is 37.5 Å². The Morgan fingerprint density at radius 1 is 1.28 bits per heavy atom. The molecule has 0 aliphatic rings. The Bertz CT molecular complexity index is 514. The van der Waals surface area contributed by atoms with Gasteiger partial charge in [-0.15, -0.1) is 0 Å². The summed E-state index contributed by atoms with van der Waals surface area (Å²) in [4.78, 5) is 3.94. The smallest absolute Gasteiger partial charge is 0.138 e. The summed E-state index contributed by atoms with van der Waals surface area (Å²) in [6, 6.07) is 9.06. The molecule has 0 saturated carbocycles. The average molecular weight is 264 g/mol. The van der Waals surface area contributed by atoms with Crippen LogP contribution in [-0.4, -0.2) is 10.1 Å². The van der Waals surface area contributed by atoms with E-state index in [-0.39, 0.29) is 0 Å². The van der Waals surface area contributed by atoms with Gasteiger partial charge in [0, 0.05) is 12.4 Å². The molecule has 1 N–H and O–H groups in total. The van der Waals surface area contributed by atoms with E-state index in [4.69, 9.17) is 16.3 Å². The summed E-state index contributed by atoms with van der Waals surface area (Å²) in [7, 11) is 0. The number of aromatic nitrogens is 1. The number of ether oxygens (including phenoxy) is 1. The maximum atomic E-state index is 9.44. The van der Waals surface area contributed by atoms with Crippen molar-refractivity contribution in [3.63, 3.8) is 0 Å². The van der Waals surface area contributed by atoms with Crippen molar-refractivity contribution in [2.75, 3.05) is 0 Å². The van der Waals surface area contributed by atoms with Crippen molar-refractivity contribution in [1.29, 1.82) is 0 Å². The monoisotopic (exact) mass is 263 g/mol. The van der Waals surface area contributed by atoms with Gasteiger partial charge in [0.1, 0.15) is 12.4 Å².